The van der Waals surface area contributed by atoms with Crippen LogP contribution in [0, 0.1) is 10.1 Å². The molecule has 134 valence electrons. The number of benzene rings is 3. The Morgan fingerprint density at radius 3 is 2.48 bits per heavy atom. The molecule has 0 bridgehead atoms. The monoisotopic (exact) mass is 362 g/mol. The Kier molecular flexibility index (Phi) is 3.97. The van der Waals surface area contributed by atoms with E-state index in [1.807, 2.05) is 24.3 Å². The fourth-order valence-corrected chi connectivity index (χ4v) is 3.07. The van der Waals surface area contributed by atoms with Gasteiger partial charge < -0.3 is 14.5 Å². The molecule has 0 radical (unpaired) electrons. The number of nitrogens with one attached hydrogen (secondary N) is 1. The van der Waals surface area contributed by atoms with Crippen molar-refractivity contribution in [3.63, 3.8) is 0 Å². The van der Waals surface area contributed by atoms with Gasteiger partial charge in [0.25, 0.3) is 5.69 Å². The van der Waals surface area contributed by atoms with Crippen molar-refractivity contribution in [2.24, 2.45) is 0 Å². The zero-order chi connectivity index (χ0) is 19.0. The van der Waals surface area contributed by atoms with Gasteiger partial charge in [0.05, 0.1) is 23.1 Å². The zero-order valence-electron chi connectivity index (χ0n) is 14.3. The Morgan fingerprint density at radius 1 is 1.04 bits per heavy atom. The second-order valence-corrected chi connectivity index (χ2v) is 5.88. The molecule has 0 atom stereocenters. The summed E-state index contributed by atoms with van der Waals surface area (Å²) in [6, 6.07) is 16.3. The highest BCUT2D eigenvalue weighted by atomic mass is 16.6. The summed E-state index contributed by atoms with van der Waals surface area (Å²) in [6.07, 6.45) is 0. The van der Waals surface area contributed by atoms with Crippen molar-refractivity contribution in [2.75, 3.05) is 7.11 Å². The highest BCUT2D eigenvalue weighted by Crippen LogP contribution is 2.34. The fraction of sp³-hybridized carbons (Fsp3) is 0.0500. The van der Waals surface area contributed by atoms with Gasteiger partial charge >= 0.3 is 5.97 Å². The van der Waals surface area contributed by atoms with Crippen LogP contribution in [0.5, 0.6) is 11.5 Å². The molecule has 1 N–H and O–H groups in total. The molecule has 0 amide bonds. The van der Waals surface area contributed by atoms with E-state index in [4.69, 9.17) is 9.47 Å². The number of H-pyrrole nitrogens is 1. The van der Waals surface area contributed by atoms with Gasteiger partial charge in [-0.3, -0.25) is 10.1 Å². The third-order valence-corrected chi connectivity index (χ3v) is 4.32. The zero-order valence-corrected chi connectivity index (χ0v) is 14.3. The van der Waals surface area contributed by atoms with Crippen LogP contribution in [0.15, 0.2) is 60.7 Å². The van der Waals surface area contributed by atoms with Crippen molar-refractivity contribution in [1.29, 1.82) is 0 Å². The predicted molar refractivity (Wildman–Crippen MR) is 100 cm³/mol. The molecule has 0 saturated carbocycles. The first-order valence-corrected chi connectivity index (χ1v) is 8.12. The van der Waals surface area contributed by atoms with E-state index < -0.39 is 10.9 Å². The molecule has 0 saturated heterocycles. The van der Waals surface area contributed by atoms with Gasteiger partial charge in [-0.1, -0.05) is 18.2 Å². The van der Waals surface area contributed by atoms with Crippen LogP contribution in [-0.2, 0) is 0 Å². The summed E-state index contributed by atoms with van der Waals surface area (Å²) in [6.45, 7) is 0. The van der Waals surface area contributed by atoms with Crippen LogP contribution in [0.25, 0.3) is 21.8 Å². The van der Waals surface area contributed by atoms with E-state index in [1.165, 1.54) is 24.3 Å². The smallest absolute Gasteiger partial charge is 0.344 e. The van der Waals surface area contributed by atoms with Gasteiger partial charge in [-0.05, 0) is 30.3 Å². The number of ether oxygens (including phenoxy) is 2. The summed E-state index contributed by atoms with van der Waals surface area (Å²) in [5.74, 6) is 0.295. The van der Waals surface area contributed by atoms with Crippen molar-refractivity contribution in [2.45, 2.75) is 0 Å². The number of para-hydroxylation sites is 1. The lowest BCUT2D eigenvalue weighted by molar-refractivity contribution is -0.384. The third kappa shape index (κ3) is 2.85. The quantitative estimate of drug-likeness (QED) is 0.250. The summed E-state index contributed by atoms with van der Waals surface area (Å²) in [5.41, 5.74) is 1.89. The number of nitro benzene ring substituents is 1. The first kappa shape index (κ1) is 16.6. The van der Waals surface area contributed by atoms with Crippen LogP contribution in [-0.4, -0.2) is 23.0 Å². The number of carbonyl (C=O) groups is 1. The lowest BCUT2D eigenvalue weighted by Gasteiger charge is -2.08. The normalized spacial score (nSPS) is 10.9. The number of rotatable bonds is 4. The van der Waals surface area contributed by atoms with Crippen LogP contribution in [0.2, 0.25) is 0 Å². The molecule has 0 aliphatic rings. The summed E-state index contributed by atoms with van der Waals surface area (Å²) < 4.78 is 10.8. The Hall–Kier alpha value is -3.87. The van der Waals surface area contributed by atoms with E-state index in [0.717, 1.165) is 10.9 Å². The number of nitro groups is 1. The molecular formula is C20H14N2O5. The largest absolute Gasteiger partial charge is 0.495 e. The van der Waals surface area contributed by atoms with E-state index in [9.17, 15) is 14.9 Å². The van der Waals surface area contributed by atoms with Crippen LogP contribution in [0.3, 0.4) is 0 Å². The highest BCUT2D eigenvalue weighted by molar-refractivity contribution is 6.18. The summed E-state index contributed by atoms with van der Waals surface area (Å²) in [4.78, 5) is 26.3. The van der Waals surface area contributed by atoms with E-state index in [2.05, 4.69) is 4.98 Å². The lowest BCUT2D eigenvalue weighted by atomic mass is 10.1. The molecule has 1 aromatic heterocycles. The molecule has 0 aliphatic heterocycles. The van der Waals surface area contributed by atoms with Gasteiger partial charge in [-0.2, -0.15) is 0 Å². The Labute approximate surface area is 153 Å². The maximum absolute atomic E-state index is 12.8. The van der Waals surface area contributed by atoms with Gasteiger partial charge in [0.15, 0.2) is 0 Å². The minimum atomic E-state index is -0.554. The molecule has 0 unspecified atom stereocenters. The number of carbonyl (C=O) groups excluding carboxylic acids is 1. The van der Waals surface area contributed by atoms with E-state index in [-0.39, 0.29) is 11.4 Å². The number of aromatic amines is 1. The van der Waals surface area contributed by atoms with Crippen molar-refractivity contribution in [1.82, 2.24) is 4.98 Å². The highest BCUT2D eigenvalue weighted by Gasteiger charge is 2.19. The number of non-ortho nitro benzene ring substituents is 1. The standard InChI is InChI=1S/C20H14N2O5/c1-26-17-11-10-15(18-14-4-2-3-5-16(14)21-19(17)18)20(23)27-13-8-6-12(7-9-13)22(24)25/h2-11,21H,1H3. The number of hydrogen-bond acceptors (Lipinski definition) is 5. The van der Waals surface area contributed by atoms with Crippen LogP contribution >= 0.6 is 0 Å². The van der Waals surface area contributed by atoms with Gasteiger partial charge in [-0.25, -0.2) is 4.79 Å². The molecule has 0 aliphatic carbocycles. The second kappa shape index (κ2) is 6.45. The molecular weight excluding hydrogens is 348 g/mol. The van der Waals surface area contributed by atoms with Crippen molar-refractivity contribution in [3.05, 3.63) is 76.3 Å². The molecule has 4 rings (SSSR count). The average molecular weight is 362 g/mol. The van der Waals surface area contributed by atoms with E-state index in [1.54, 1.807) is 19.2 Å². The minimum absolute atomic E-state index is 0.0711. The topological polar surface area (TPSA) is 94.5 Å². The van der Waals surface area contributed by atoms with Gasteiger partial charge in [0.1, 0.15) is 11.5 Å². The molecule has 1 heterocycles. The van der Waals surface area contributed by atoms with Gasteiger partial charge in [0, 0.05) is 28.4 Å². The van der Waals surface area contributed by atoms with Crippen LogP contribution in [0.1, 0.15) is 10.4 Å². The first-order chi connectivity index (χ1) is 13.1. The maximum Gasteiger partial charge on any atom is 0.344 e. The number of aromatic nitrogens is 1. The molecule has 4 aromatic rings. The second-order valence-electron chi connectivity index (χ2n) is 5.88. The maximum atomic E-state index is 12.8. The van der Waals surface area contributed by atoms with Gasteiger partial charge in [-0.15, -0.1) is 0 Å². The molecule has 3 aromatic carbocycles. The summed E-state index contributed by atoms with van der Waals surface area (Å²) in [7, 11) is 1.56. The Morgan fingerprint density at radius 2 is 1.78 bits per heavy atom. The number of hydrogen-bond donors (Lipinski definition) is 1. The SMILES string of the molecule is COc1ccc(C(=O)Oc2ccc([N+](=O)[O-])cc2)c2c1[nH]c1ccccc12. The van der Waals surface area contributed by atoms with Crippen molar-refractivity contribution < 1.29 is 19.2 Å². The fourth-order valence-electron chi connectivity index (χ4n) is 3.07. The molecule has 27 heavy (non-hydrogen) atoms. The number of esters is 1. The van der Waals surface area contributed by atoms with Gasteiger partial charge in [0.2, 0.25) is 0 Å². The lowest BCUT2D eigenvalue weighted by Crippen LogP contribution is -2.09. The van der Waals surface area contributed by atoms with Crippen molar-refractivity contribution in [3.8, 4) is 11.5 Å². The molecule has 7 heteroatoms. The van der Waals surface area contributed by atoms with Crippen molar-refractivity contribution >= 4 is 33.5 Å². The summed E-state index contributed by atoms with van der Waals surface area (Å²) >= 11 is 0. The van der Waals surface area contributed by atoms with E-state index >= 15 is 0 Å². The molecule has 0 spiro atoms. The number of fused-ring (bicyclic) bond motifs is 3. The first-order valence-electron chi connectivity index (χ1n) is 8.12. The Balaban J connectivity index is 1.78. The summed E-state index contributed by atoms with van der Waals surface area (Å²) in [5, 5.41) is 12.3. The predicted octanol–water partition coefficient (Wildman–Crippen LogP) is 4.46. The average Bonchev–Trinajstić information content (AvgIpc) is 3.07. The van der Waals surface area contributed by atoms with Crippen LogP contribution in [0.4, 0.5) is 5.69 Å². The molecule has 7 nitrogen and oxygen atoms in total. The molecule has 0 fully saturated rings. The Bertz CT molecular complexity index is 1180. The minimum Gasteiger partial charge on any atom is -0.495 e. The van der Waals surface area contributed by atoms with E-state index in [0.29, 0.717) is 22.2 Å². The third-order valence-electron chi connectivity index (χ3n) is 4.32. The number of methoxy groups -OCH3 is 1. The number of nitrogens with zero attached hydrogens (tertiary/aromatic N) is 1. The van der Waals surface area contributed by atoms with Crippen LogP contribution < -0.4 is 9.47 Å².